The molecule has 200 valence electrons. The Kier molecular flexibility index (Phi) is 7.20. The minimum atomic E-state index is -0.480. The molecule has 0 saturated carbocycles. The number of carbonyl (C=O) groups excluding carboxylic acids is 1. The molecule has 3 aromatic rings. The highest BCUT2D eigenvalue weighted by Crippen LogP contribution is 2.47. The molecule has 1 N–H and O–H groups in total. The zero-order valence-corrected chi connectivity index (χ0v) is 23.5. The van der Waals surface area contributed by atoms with E-state index >= 15 is 0 Å². The number of hydrogen-bond acceptors (Lipinski definition) is 6. The topological polar surface area (TPSA) is 93.7 Å². The van der Waals surface area contributed by atoms with Gasteiger partial charge in [0.1, 0.15) is 34.6 Å². The number of ether oxygens (including phenoxy) is 3. The van der Waals surface area contributed by atoms with Gasteiger partial charge in [-0.2, -0.15) is 5.26 Å². The number of hydrogen-bond donors (Lipinski definition) is 1. The predicted octanol–water partition coefficient (Wildman–Crippen LogP) is 6.68. The number of benzene rings is 2. The molecule has 7 heteroatoms. The molecule has 0 bridgehead atoms. The van der Waals surface area contributed by atoms with Crippen molar-refractivity contribution in [2.75, 3.05) is 26.6 Å². The maximum atomic E-state index is 13.2. The number of methoxy groups -OCH3 is 3. The van der Waals surface area contributed by atoms with Gasteiger partial charge in [-0.05, 0) is 65.0 Å². The number of nitriles is 1. The molecule has 0 atom stereocenters. The summed E-state index contributed by atoms with van der Waals surface area (Å²) in [7, 11) is 4.33. The van der Waals surface area contributed by atoms with Crippen molar-refractivity contribution >= 4 is 11.6 Å². The molecule has 4 rings (SSSR count). The number of fused-ring (bicyclic) bond motifs is 1. The van der Waals surface area contributed by atoms with E-state index in [4.69, 9.17) is 18.6 Å². The van der Waals surface area contributed by atoms with Crippen molar-refractivity contribution in [3.63, 3.8) is 0 Å². The lowest BCUT2D eigenvalue weighted by Crippen LogP contribution is -2.34. The van der Waals surface area contributed by atoms with Crippen LogP contribution in [0.25, 0.3) is 0 Å². The Labute approximate surface area is 224 Å². The maximum absolute atomic E-state index is 13.2. The first-order chi connectivity index (χ1) is 17.9. The van der Waals surface area contributed by atoms with E-state index in [-0.39, 0.29) is 39.3 Å². The van der Waals surface area contributed by atoms with Gasteiger partial charge in [0, 0.05) is 12.5 Å². The fourth-order valence-electron chi connectivity index (χ4n) is 5.28. The van der Waals surface area contributed by atoms with Crippen molar-refractivity contribution in [2.45, 2.75) is 64.7 Å². The highest BCUT2D eigenvalue weighted by molar-refractivity contribution is 6.04. The number of rotatable bonds is 7. The van der Waals surface area contributed by atoms with Gasteiger partial charge in [-0.3, -0.25) is 4.79 Å². The first kappa shape index (κ1) is 27.1. The molecule has 1 aliphatic rings. The molecule has 1 aliphatic carbocycles. The van der Waals surface area contributed by atoms with Crippen molar-refractivity contribution in [2.24, 2.45) is 0 Å². The number of nitrogens with one attached hydrogen (secondary N) is 1. The van der Waals surface area contributed by atoms with Crippen LogP contribution in [0, 0.1) is 18.3 Å². The van der Waals surface area contributed by atoms with E-state index in [9.17, 15) is 10.1 Å². The van der Waals surface area contributed by atoms with E-state index in [1.807, 2.05) is 6.07 Å². The zero-order valence-electron chi connectivity index (χ0n) is 23.5. The number of amides is 1. The van der Waals surface area contributed by atoms with Crippen LogP contribution in [0.1, 0.15) is 84.7 Å². The zero-order chi connectivity index (χ0) is 27.8. The SMILES string of the molecule is COc1cc(OC)c(NC(=O)c2ccc(Cc3cc4c(cc3C)C(C)(C)CCC4(C)C)o2)c(OC)c1C#N. The van der Waals surface area contributed by atoms with Gasteiger partial charge < -0.3 is 23.9 Å². The molecule has 0 radical (unpaired) electrons. The van der Waals surface area contributed by atoms with E-state index in [0.29, 0.717) is 17.9 Å². The van der Waals surface area contributed by atoms with Crippen molar-refractivity contribution in [1.82, 2.24) is 0 Å². The minimum absolute atomic E-state index is 0.111. The van der Waals surface area contributed by atoms with Crippen LogP contribution in [0.15, 0.2) is 34.7 Å². The molecule has 1 amide bonds. The number of anilines is 1. The second-order valence-electron chi connectivity index (χ2n) is 11.2. The third kappa shape index (κ3) is 4.83. The standard InChI is InChI=1S/C31H36N2O5/c1-18-13-22-23(31(4,5)12-11-30(22,2)3)15-19(18)14-20-9-10-24(38-20)29(34)33-27-26(36-7)16-25(35-6)21(17-32)28(27)37-8/h9-10,13,15-16H,11-12,14H2,1-8H3,(H,33,34). The average molecular weight is 517 g/mol. The molecule has 0 aliphatic heterocycles. The predicted molar refractivity (Wildman–Crippen MR) is 147 cm³/mol. The minimum Gasteiger partial charge on any atom is -0.495 e. The summed E-state index contributed by atoms with van der Waals surface area (Å²) in [5.41, 5.74) is 5.87. The summed E-state index contributed by atoms with van der Waals surface area (Å²) in [6, 6.07) is 11.7. The Hall–Kier alpha value is -3.92. The summed E-state index contributed by atoms with van der Waals surface area (Å²) in [6.07, 6.45) is 2.89. The smallest absolute Gasteiger partial charge is 0.291 e. The molecule has 0 fully saturated rings. The average Bonchev–Trinajstić information content (AvgIpc) is 3.35. The second kappa shape index (κ2) is 10.1. The van der Waals surface area contributed by atoms with Crippen LogP contribution in [0.2, 0.25) is 0 Å². The van der Waals surface area contributed by atoms with Crippen LogP contribution in [0.3, 0.4) is 0 Å². The van der Waals surface area contributed by atoms with Crippen molar-refractivity contribution in [1.29, 1.82) is 5.26 Å². The van der Waals surface area contributed by atoms with Crippen LogP contribution < -0.4 is 19.5 Å². The summed E-state index contributed by atoms with van der Waals surface area (Å²) in [5.74, 6) is 1.10. The van der Waals surface area contributed by atoms with E-state index < -0.39 is 5.91 Å². The first-order valence-electron chi connectivity index (χ1n) is 12.7. The molecule has 0 unspecified atom stereocenters. The highest BCUT2D eigenvalue weighted by atomic mass is 16.5. The Morgan fingerprint density at radius 3 is 2.18 bits per heavy atom. The Morgan fingerprint density at radius 2 is 1.61 bits per heavy atom. The van der Waals surface area contributed by atoms with Gasteiger partial charge in [0.05, 0.1) is 21.3 Å². The lowest BCUT2D eigenvalue weighted by Gasteiger charge is -2.42. The van der Waals surface area contributed by atoms with Crippen LogP contribution in [-0.2, 0) is 17.3 Å². The highest BCUT2D eigenvalue weighted by Gasteiger charge is 2.37. The Morgan fingerprint density at radius 1 is 0.974 bits per heavy atom. The number of furan rings is 1. The van der Waals surface area contributed by atoms with Gasteiger partial charge in [0.25, 0.3) is 5.91 Å². The molecule has 1 heterocycles. The van der Waals surface area contributed by atoms with Crippen molar-refractivity contribution in [3.8, 4) is 23.3 Å². The maximum Gasteiger partial charge on any atom is 0.291 e. The monoisotopic (exact) mass is 516 g/mol. The third-order valence-electron chi connectivity index (χ3n) is 7.76. The Balaban J connectivity index is 1.62. The first-order valence-corrected chi connectivity index (χ1v) is 12.7. The molecule has 1 aromatic heterocycles. The van der Waals surface area contributed by atoms with Crippen molar-refractivity contribution in [3.05, 3.63) is 69.7 Å². The van der Waals surface area contributed by atoms with Gasteiger partial charge in [-0.25, -0.2) is 0 Å². The normalized spacial score (nSPS) is 15.2. The van der Waals surface area contributed by atoms with Gasteiger partial charge in [0.2, 0.25) is 0 Å². The lowest BCUT2D eigenvalue weighted by molar-refractivity contribution is 0.0994. The van der Waals surface area contributed by atoms with Gasteiger partial charge in [-0.1, -0.05) is 39.8 Å². The van der Waals surface area contributed by atoms with E-state index in [0.717, 1.165) is 6.42 Å². The second-order valence-corrected chi connectivity index (χ2v) is 11.2. The molecule has 0 saturated heterocycles. The molecule has 2 aromatic carbocycles. The van der Waals surface area contributed by atoms with Crippen LogP contribution in [0.5, 0.6) is 17.2 Å². The largest absolute Gasteiger partial charge is 0.495 e. The van der Waals surface area contributed by atoms with E-state index in [1.54, 1.807) is 6.07 Å². The fourth-order valence-corrected chi connectivity index (χ4v) is 5.28. The van der Waals surface area contributed by atoms with E-state index in [1.165, 1.54) is 56.1 Å². The third-order valence-corrected chi connectivity index (χ3v) is 7.76. The number of carbonyl (C=O) groups is 1. The number of nitrogens with zero attached hydrogens (tertiary/aromatic N) is 1. The van der Waals surface area contributed by atoms with Gasteiger partial charge >= 0.3 is 0 Å². The van der Waals surface area contributed by atoms with E-state index in [2.05, 4.69) is 58.1 Å². The molecule has 7 nitrogen and oxygen atoms in total. The summed E-state index contributed by atoms with van der Waals surface area (Å²) in [4.78, 5) is 13.2. The Bertz CT molecular complexity index is 1420. The van der Waals surface area contributed by atoms with Gasteiger partial charge in [0.15, 0.2) is 11.5 Å². The summed E-state index contributed by atoms with van der Waals surface area (Å²) < 4.78 is 22.1. The molecular formula is C31H36N2O5. The lowest BCUT2D eigenvalue weighted by atomic mass is 9.62. The summed E-state index contributed by atoms with van der Waals surface area (Å²) in [6.45, 7) is 11.4. The fraction of sp³-hybridized carbons (Fsp3) is 0.419. The number of aryl methyl sites for hydroxylation is 1. The molecular weight excluding hydrogens is 480 g/mol. The van der Waals surface area contributed by atoms with Crippen LogP contribution in [-0.4, -0.2) is 27.2 Å². The van der Waals surface area contributed by atoms with Gasteiger partial charge in [-0.15, -0.1) is 0 Å². The van der Waals surface area contributed by atoms with Crippen LogP contribution in [0.4, 0.5) is 5.69 Å². The summed E-state index contributed by atoms with van der Waals surface area (Å²) in [5, 5.41) is 12.4. The molecule has 38 heavy (non-hydrogen) atoms. The van der Waals surface area contributed by atoms with Crippen molar-refractivity contribution < 1.29 is 23.4 Å². The quantitative estimate of drug-likeness (QED) is 0.377. The summed E-state index contributed by atoms with van der Waals surface area (Å²) >= 11 is 0. The molecule has 0 spiro atoms. The van der Waals surface area contributed by atoms with Crippen LogP contribution >= 0.6 is 0 Å².